The molecule has 1 N–H and O–H groups in total. The number of aryl methyl sites for hydroxylation is 1. The molecule has 1 atom stereocenters. The fraction of sp³-hybridized carbons (Fsp3) is 0.500. The molecule has 0 spiro atoms. The summed E-state index contributed by atoms with van der Waals surface area (Å²) in [5.41, 5.74) is 1.98. The molecular formula is C18H26N2O. The first-order valence-electron chi connectivity index (χ1n) is 7.86. The summed E-state index contributed by atoms with van der Waals surface area (Å²) in [6.45, 7) is 9.39. The zero-order valence-electron chi connectivity index (χ0n) is 13.5. The van der Waals surface area contributed by atoms with E-state index < -0.39 is 0 Å². The van der Waals surface area contributed by atoms with Crippen molar-refractivity contribution in [3.05, 3.63) is 36.0 Å². The molecule has 3 heteroatoms. The van der Waals surface area contributed by atoms with Crippen LogP contribution in [0.5, 0.6) is 5.75 Å². The molecule has 1 unspecified atom stereocenters. The Hall–Kier alpha value is -1.61. The van der Waals surface area contributed by atoms with Gasteiger partial charge in [-0.05, 0) is 25.5 Å². The van der Waals surface area contributed by atoms with Gasteiger partial charge in [0.1, 0.15) is 17.4 Å². The van der Waals surface area contributed by atoms with Crippen molar-refractivity contribution in [2.45, 2.75) is 52.7 Å². The molecule has 0 bridgehead atoms. The van der Waals surface area contributed by atoms with E-state index in [9.17, 15) is 0 Å². The first kappa shape index (κ1) is 15.8. The normalized spacial score (nSPS) is 12.8. The summed E-state index contributed by atoms with van der Waals surface area (Å²) in [5, 5.41) is 4.59. The second-order valence-electron chi connectivity index (χ2n) is 5.87. The Balaban J connectivity index is 2.21. The average Bonchev–Trinajstić information content (AvgIpc) is 2.45. The second kappa shape index (κ2) is 7.41. The van der Waals surface area contributed by atoms with Gasteiger partial charge in [-0.2, -0.15) is 0 Å². The molecule has 0 aliphatic carbocycles. The molecule has 0 radical (unpaired) electrons. The Morgan fingerprint density at radius 3 is 2.71 bits per heavy atom. The minimum absolute atomic E-state index is 0.185. The van der Waals surface area contributed by atoms with Gasteiger partial charge in [0.05, 0.1) is 0 Å². The van der Waals surface area contributed by atoms with Crippen LogP contribution in [0.4, 0.5) is 0 Å². The monoisotopic (exact) mass is 286 g/mol. The Labute approximate surface area is 127 Å². The number of rotatable bonds is 7. The van der Waals surface area contributed by atoms with Crippen LogP contribution in [0.15, 0.2) is 30.3 Å². The summed E-state index contributed by atoms with van der Waals surface area (Å²) < 4.78 is 6.25. The molecule has 0 saturated carbocycles. The van der Waals surface area contributed by atoms with Crippen LogP contribution in [0.25, 0.3) is 10.9 Å². The standard InChI is InChI=1S/C18H26N2O/c1-5-7-16(12-19-13(2)3)21-17-9-6-8-15-11-10-14(4)20-18(15)17/h6,8-11,13,16,19H,5,7,12H2,1-4H3. The topological polar surface area (TPSA) is 34.1 Å². The molecule has 0 fully saturated rings. The number of hydrogen-bond donors (Lipinski definition) is 1. The van der Waals surface area contributed by atoms with E-state index in [4.69, 9.17) is 4.74 Å². The molecule has 21 heavy (non-hydrogen) atoms. The van der Waals surface area contributed by atoms with Crippen molar-refractivity contribution in [2.24, 2.45) is 0 Å². The van der Waals surface area contributed by atoms with E-state index >= 15 is 0 Å². The number of benzene rings is 1. The van der Waals surface area contributed by atoms with Crippen LogP contribution in [-0.4, -0.2) is 23.7 Å². The Kier molecular flexibility index (Phi) is 5.57. The number of nitrogens with one attached hydrogen (secondary N) is 1. The molecule has 2 aromatic rings. The van der Waals surface area contributed by atoms with Gasteiger partial charge < -0.3 is 10.1 Å². The lowest BCUT2D eigenvalue weighted by atomic mass is 10.1. The maximum Gasteiger partial charge on any atom is 0.146 e. The van der Waals surface area contributed by atoms with Crippen LogP contribution >= 0.6 is 0 Å². The van der Waals surface area contributed by atoms with E-state index in [0.29, 0.717) is 6.04 Å². The zero-order chi connectivity index (χ0) is 15.2. The predicted molar refractivity (Wildman–Crippen MR) is 88.9 cm³/mol. The van der Waals surface area contributed by atoms with Crippen molar-refractivity contribution in [3.8, 4) is 5.75 Å². The highest BCUT2D eigenvalue weighted by atomic mass is 16.5. The first-order chi connectivity index (χ1) is 10.1. The van der Waals surface area contributed by atoms with Crippen LogP contribution < -0.4 is 10.1 Å². The van der Waals surface area contributed by atoms with Crippen molar-refractivity contribution in [2.75, 3.05) is 6.54 Å². The van der Waals surface area contributed by atoms with E-state index in [1.54, 1.807) is 0 Å². The highest BCUT2D eigenvalue weighted by Gasteiger charge is 2.12. The zero-order valence-corrected chi connectivity index (χ0v) is 13.5. The van der Waals surface area contributed by atoms with E-state index in [-0.39, 0.29) is 6.10 Å². The summed E-state index contributed by atoms with van der Waals surface area (Å²) in [7, 11) is 0. The summed E-state index contributed by atoms with van der Waals surface area (Å²) in [6.07, 6.45) is 2.34. The van der Waals surface area contributed by atoms with Gasteiger partial charge in [0, 0.05) is 23.7 Å². The van der Waals surface area contributed by atoms with E-state index in [1.807, 2.05) is 25.1 Å². The number of nitrogens with zero attached hydrogens (tertiary/aromatic N) is 1. The third-order valence-electron chi connectivity index (χ3n) is 3.48. The Morgan fingerprint density at radius 1 is 1.19 bits per heavy atom. The van der Waals surface area contributed by atoms with Crippen molar-refractivity contribution in [1.82, 2.24) is 10.3 Å². The summed E-state index contributed by atoms with van der Waals surface area (Å²) in [5.74, 6) is 0.889. The lowest BCUT2D eigenvalue weighted by Gasteiger charge is -2.21. The quantitative estimate of drug-likeness (QED) is 0.832. The van der Waals surface area contributed by atoms with Crippen molar-refractivity contribution >= 4 is 10.9 Å². The lowest BCUT2D eigenvalue weighted by molar-refractivity contribution is 0.185. The molecule has 1 aromatic carbocycles. The van der Waals surface area contributed by atoms with Crippen LogP contribution in [0, 0.1) is 6.92 Å². The van der Waals surface area contributed by atoms with Crippen LogP contribution in [0.1, 0.15) is 39.3 Å². The molecule has 0 aliphatic rings. The smallest absolute Gasteiger partial charge is 0.146 e. The molecule has 0 amide bonds. The largest absolute Gasteiger partial charge is 0.487 e. The fourth-order valence-corrected chi connectivity index (χ4v) is 2.38. The van der Waals surface area contributed by atoms with Crippen molar-refractivity contribution in [1.29, 1.82) is 0 Å². The highest BCUT2D eigenvalue weighted by molar-refractivity contribution is 5.84. The molecule has 114 valence electrons. The maximum atomic E-state index is 6.25. The Morgan fingerprint density at radius 2 is 2.00 bits per heavy atom. The lowest BCUT2D eigenvalue weighted by Crippen LogP contribution is -2.35. The molecule has 3 nitrogen and oxygen atoms in total. The third kappa shape index (κ3) is 4.43. The van der Waals surface area contributed by atoms with E-state index in [0.717, 1.165) is 41.7 Å². The highest BCUT2D eigenvalue weighted by Crippen LogP contribution is 2.25. The van der Waals surface area contributed by atoms with Gasteiger partial charge in [-0.1, -0.05) is 45.4 Å². The molecule has 0 saturated heterocycles. The molecule has 0 aliphatic heterocycles. The number of hydrogen-bond acceptors (Lipinski definition) is 3. The minimum Gasteiger partial charge on any atom is -0.487 e. The summed E-state index contributed by atoms with van der Waals surface area (Å²) in [6, 6.07) is 10.7. The minimum atomic E-state index is 0.185. The van der Waals surface area contributed by atoms with E-state index in [1.165, 1.54) is 0 Å². The van der Waals surface area contributed by atoms with Gasteiger partial charge in [0.25, 0.3) is 0 Å². The average molecular weight is 286 g/mol. The number of para-hydroxylation sites is 1. The first-order valence-corrected chi connectivity index (χ1v) is 7.86. The molecule has 1 heterocycles. The van der Waals surface area contributed by atoms with Gasteiger partial charge in [-0.25, -0.2) is 4.98 Å². The summed E-state index contributed by atoms with van der Waals surface area (Å²) in [4.78, 5) is 4.64. The maximum absolute atomic E-state index is 6.25. The van der Waals surface area contributed by atoms with Crippen molar-refractivity contribution < 1.29 is 4.74 Å². The molecular weight excluding hydrogens is 260 g/mol. The van der Waals surface area contributed by atoms with Gasteiger partial charge in [0.2, 0.25) is 0 Å². The SMILES string of the molecule is CCCC(CNC(C)C)Oc1cccc2ccc(C)nc12. The number of fused-ring (bicyclic) bond motifs is 1. The van der Waals surface area contributed by atoms with Crippen LogP contribution in [0.2, 0.25) is 0 Å². The predicted octanol–water partition coefficient (Wildman–Crippen LogP) is 4.09. The van der Waals surface area contributed by atoms with Gasteiger partial charge >= 0.3 is 0 Å². The van der Waals surface area contributed by atoms with Crippen molar-refractivity contribution in [3.63, 3.8) is 0 Å². The molecule has 2 rings (SSSR count). The molecule has 1 aromatic heterocycles. The number of pyridine rings is 1. The second-order valence-corrected chi connectivity index (χ2v) is 5.87. The number of ether oxygens (including phenoxy) is 1. The summed E-state index contributed by atoms with van der Waals surface area (Å²) >= 11 is 0. The third-order valence-corrected chi connectivity index (χ3v) is 3.48. The Bertz CT molecular complexity index is 580. The number of aromatic nitrogens is 1. The van der Waals surface area contributed by atoms with Gasteiger partial charge in [-0.3, -0.25) is 0 Å². The van der Waals surface area contributed by atoms with Crippen LogP contribution in [-0.2, 0) is 0 Å². The fourth-order valence-electron chi connectivity index (χ4n) is 2.38. The van der Waals surface area contributed by atoms with Gasteiger partial charge in [-0.15, -0.1) is 0 Å². The van der Waals surface area contributed by atoms with Gasteiger partial charge in [0.15, 0.2) is 0 Å². The van der Waals surface area contributed by atoms with Crippen LogP contribution in [0.3, 0.4) is 0 Å². The van der Waals surface area contributed by atoms with E-state index in [2.05, 4.69) is 43.2 Å².